The SMILES string of the molecule is CCCC1CN=C(NCC(C)(C)NS(C)(=O)=O)S1. The van der Waals surface area contributed by atoms with Crippen LogP contribution < -0.4 is 10.0 Å². The maximum Gasteiger partial charge on any atom is 0.209 e. The summed E-state index contributed by atoms with van der Waals surface area (Å²) in [6.07, 6.45) is 3.51. The molecule has 0 fully saturated rings. The van der Waals surface area contributed by atoms with E-state index in [4.69, 9.17) is 0 Å². The van der Waals surface area contributed by atoms with Gasteiger partial charge in [-0.3, -0.25) is 4.99 Å². The van der Waals surface area contributed by atoms with Crippen LogP contribution in [0.3, 0.4) is 0 Å². The first-order chi connectivity index (χ1) is 8.22. The molecular formula is C11H23N3O2S2. The molecule has 1 aliphatic heterocycles. The fourth-order valence-electron chi connectivity index (χ4n) is 1.82. The van der Waals surface area contributed by atoms with Gasteiger partial charge in [0.15, 0.2) is 5.17 Å². The summed E-state index contributed by atoms with van der Waals surface area (Å²) in [6.45, 7) is 7.27. The smallest absolute Gasteiger partial charge is 0.209 e. The van der Waals surface area contributed by atoms with Crippen LogP contribution in [0, 0.1) is 0 Å². The number of rotatable bonds is 6. The van der Waals surface area contributed by atoms with Gasteiger partial charge in [0, 0.05) is 17.3 Å². The Labute approximate surface area is 114 Å². The van der Waals surface area contributed by atoms with Gasteiger partial charge < -0.3 is 5.32 Å². The summed E-state index contributed by atoms with van der Waals surface area (Å²) in [6, 6.07) is 0. The molecule has 1 rings (SSSR count). The normalized spacial score (nSPS) is 20.9. The van der Waals surface area contributed by atoms with Gasteiger partial charge in [0.05, 0.1) is 12.8 Å². The number of aliphatic imine (C=N–C) groups is 1. The Morgan fingerprint density at radius 2 is 2.17 bits per heavy atom. The van der Waals surface area contributed by atoms with Crippen molar-refractivity contribution in [3.63, 3.8) is 0 Å². The summed E-state index contributed by atoms with van der Waals surface area (Å²) in [4.78, 5) is 4.43. The molecule has 0 amide bonds. The molecule has 0 saturated heterocycles. The maximum absolute atomic E-state index is 11.2. The molecule has 1 heterocycles. The standard InChI is InChI=1S/C11H23N3O2S2/c1-5-6-9-7-12-10(17-9)13-8-11(2,3)14-18(4,15)16/h9,14H,5-8H2,1-4H3,(H,12,13). The second-order valence-electron chi connectivity index (χ2n) is 5.29. The van der Waals surface area contributed by atoms with Crippen LogP contribution in [-0.4, -0.2) is 43.7 Å². The van der Waals surface area contributed by atoms with Gasteiger partial charge in [-0.15, -0.1) is 0 Å². The highest BCUT2D eigenvalue weighted by Crippen LogP contribution is 2.23. The van der Waals surface area contributed by atoms with Crippen LogP contribution in [-0.2, 0) is 10.0 Å². The highest BCUT2D eigenvalue weighted by Gasteiger charge is 2.24. The van der Waals surface area contributed by atoms with E-state index in [0.29, 0.717) is 11.8 Å². The lowest BCUT2D eigenvalue weighted by atomic mass is 10.1. The number of hydrogen-bond acceptors (Lipinski definition) is 5. The first-order valence-corrected chi connectivity index (χ1v) is 8.93. The molecule has 0 aromatic rings. The van der Waals surface area contributed by atoms with Gasteiger partial charge >= 0.3 is 0 Å². The van der Waals surface area contributed by atoms with Crippen LogP contribution in [0.5, 0.6) is 0 Å². The van der Waals surface area contributed by atoms with E-state index in [2.05, 4.69) is 22.0 Å². The van der Waals surface area contributed by atoms with E-state index in [9.17, 15) is 8.42 Å². The van der Waals surface area contributed by atoms with Gasteiger partial charge in [-0.25, -0.2) is 13.1 Å². The number of sulfonamides is 1. The molecule has 2 N–H and O–H groups in total. The predicted molar refractivity (Wildman–Crippen MR) is 78.7 cm³/mol. The van der Waals surface area contributed by atoms with Crippen molar-refractivity contribution in [3.8, 4) is 0 Å². The number of hydrogen-bond donors (Lipinski definition) is 2. The van der Waals surface area contributed by atoms with Crippen molar-refractivity contribution in [2.45, 2.75) is 44.4 Å². The molecule has 1 atom stereocenters. The summed E-state index contributed by atoms with van der Waals surface area (Å²) < 4.78 is 25.0. The Morgan fingerprint density at radius 1 is 1.50 bits per heavy atom. The van der Waals surface area contributed by atoms with Crippen LogP contribution in [0.2, 0.25) is 0 Å². The molecule has 0 bridgehead atoms. The zero-order valence-corrected chi connectivity index (χ0v) is 13.1. The van der Waals surface area contributed by atoms with Crippen LogP contribution in [0.4, 0.5) is 0 Å². The molecule has 5 nitrogen and oxygen atoms in total. The van der Waals surface area contributed by atoms with E-state index in [1.807, 2.05) is 13.8 Å². The Morgan fingerprint density at radius 3 is 2.72 bits per heavy atom. The molecule has 1 unspecified atom stereocenters. The van der Waals surface area contributed by atoms with Gasteiger partial charge in [-0.2, -0.15) is 0 Å². The Kier molecular flexibility index (Phi) is 5.48. The van der Waals surface area contributed by atoms with E-state index in [-0.39, 0.29) is 0 Å². The Balaban J connectivity index is 2.37. The number of thioether (sulfide) groups is 1. The summed E-state index contributed by atoms with van der Waals surface area (Å²) in [7, 11) is -3.18. The third kappa shape index (κ3) is 6.06. The minimum Gasteiger partial charge on any atom is -0.363 e. The fourth-order valence-corrected chi connectivity index (χ4v) is 4.02. The summed E-state index contributed by atoms with van der Waals surface area (Å²) in [5.41, 5.74) is -0.514. The number of nitrogens with zero attached hydrogens (tertiary/aromatic N) is 1. The van der Waals surface area contributed by atoms with Crippen molar-refractivity contribution in [2.24, 2.45) is 4.99 Å². The second kappa shape index (κ2) is 6.25. The molecule has 0 radical (unpaired) electrons. The van der Waals surface area contributed by atoms with Crippen molar-refractivity contribution >= 4 is 27.0 Å². The van der Waals surface area contributed by atoms with Crippen molar-refractivity contribution in [2.75, 3.05) is 19.3 Å². The average molecular weight is 293 g/mol. The number of amidine groups is 1. The lowest BCUT2D eigenvalue weighted by molar-refractivity contribution is 0.450. The topological polar surface area (TPSA) is 70.6 Å². The van der Waals surface area contributed by atoms with Gasteiger partial charge in [-0.05, 0) is 20.3 Å². The molecule has 0 saturated carbocycles. The summed E-state index contributed by atoms with van der Waals surface area (Å²) in [5, 5.41) is 4.72. The highest BCUT2D eigenvalue weighted by atomic mass is 32.2. The fraction of sp³-hybridized carbons (Fsp3) is 0.909. The zero-order chi connectivity index (χ0) is 13.8. The molecule has 1 aliphatic rings. The van der Waals surface area contributed by atoms with Gasteiger partial charge in [-0.1, -0.05) is 25.1 Å². The lowest BCUT2D eigenvalue weighted by Crippen LogP contribution is -2.50. The highest BCUT2D eigenvalue weighted by molar-refractivity contribution is 8.14. The third-order valence-electron chi connectivity index (χ3n) is 2.47. The van der Waals surface area contributed by atoms with Gasteiger partial charge in [0.2, 0.25) is 10.0 Å². The van der Waals surface area contributed by atoms with Crippen molar-refractivity contribution < 1.29 is 8.42 Å². The number of nitrogens with one attached hydrogen (secondary N) is 2. The van der Waals surface area contributed by atoms with Crippen molar-refractivity contribution in [1.82, 2.24) is 10.0 Å². The molecule has 106 valence electrons. The summed E-state index contributed by atoms with van der Waals surface area (Å²) in [5.74, 6) is 0. The van der Waals surface area contributed by atoms with Crippen molar-refractivity contribution in [1.29, 1.82) is 0 Å². The molecule has 0 aromatic carbocycles. The lowest BCUT2D eigenvalue weighted by Gasteiger charge is -2.25. The molecule has 18 heavy (non-hydrogen) atoms. The summed E-state index contributed by atoms with van der Waals surface area (Å²) >= 11 is 1.76. The van der Waals surface area contributed by atoms with Crippen LogP contribution in [0.15, 0.2) is 4.99 Å². The van der Waals surface area contributed by atoms with E-state index in [1.165, 1.54) is 19.1 Å². The van der Waals surface area contributed by atoms with E-state index < -0.39 is 15.6 Å². The largest absolute Gasteiger partial charge is 0.363 e. The van der Waals surface area contributed by atoms with E-state index in [1.54, 1.807) is 11.8 Å². The second-order valence-corrected chi connectivity index (χ2v) is 8.32. The average Bonchev–Trinajstić information content (AvgIpc) is 2.60. The molecule has 0 aliphatic carbocycles. The van der Waals surface area contributed by atoms with Crippen molar-refractivity contribution in [3.05, 3.63) is 0 Å². The minimum atomic E-state index is -3.18. The predicted octanol–water partition coefficient (Wildman–Crippen LogP) is 1.18. The monoisotopic (exact) mass is 293 g/mol. The van der Waals surface area contributed by atoms with E-state index >= 15 is 0 Å². The maximum atomic E-state index is 11.2. The molecule has 0 aromatic heterocycles. The molecule has 0 spiro atoms. The third-order valence-corrected chi connectivity index (χ3v) is 4.61. The minimum absolute atomic E-state index is 0.514. The van der Waals surface area contributed by atoms with E-state index in [0.717, 1.165) is 11.7 Å². The Bertz CT molecular complexity index is 405. The van der Waals surface area contributed by atoms with Crippen LogP contribution in [0.1, 0.15) is 33.6 Å². The van der Waals surface area contributed by atoms with Crippen LogP contribution >= 0.6 is 11.8 Å². The van der Waals surface area contributed by atoms with Gasteiger partial charge in [0.25, 0.3) is 0 Å². The Hall–Kier alpha value is -0.270. The van der Waals surface area contributed by atoms with Gasteiger partial charge in [0.1, 0.15) is 0 Å². The zero-order valence-electron chi connectivity index (χ0n) is 11.5. The molecular weight excluding hydrogens is 270 g/mol. The van der Waals surface area contributed by atoms with Crippen LogP contribution in [0.25, 0.3) is 0 Å². The first kappa shape index (κ1) is 15.8. The first-order valence-electron chi connectivity index (χ1n) is 6.16. The molecule has 7 heteroatoms. The quantitative estimate of drug-likeness (QED) is 0.771.